The van der Waals surface area contributed by atoms with Gasteiger partial charge >= 0.3 is 0 Å². The molecule has 23 heavy (non-hydrogen) atoms. The second-order valence-electron chi connectivity index (χ2n) is 5.80. The minimum Gasteiger partial charge on any atom is -0.358 e. The van der Waals surface area contributed by atoms with Gasteiger partial charge in [-0.05, 0) is 35.8 Å². The van der Waals surface area contributed by atoms with Crippen LogP contribution in [0.2, 0.25) is 0 Å². The fourth-order valence-electron chi connectivity index (χ4n) is 2.81. The second kappa shape index (κ2) is 8.38. The Hall–Kier alpha value is -1.50. The van der Waals surface area contributed by atoms with Gasteiger partial charge in [0.05, 0.1) is 39.3 Å². The lowest BCUT2D eigenvalue weighted by molar-refractivity contribution is -0.903. The molecular formula is C17H23N4S2+. The fraction of sp³-hybridized carbons (Fsp3) is 0.412. The highest BCUT2D eigenvalue weighted by atomic mass is 32.1. The van der Waals surface area contributed by atoms with Crippen LogP contribution < -0.4 is 10.2 Å². The molecule has 4 nitrogen and oxygen atoms in total. The van der Waals surface area contributed by atoms with Crippen molar-refractivity contribution >= 4 is 28.7 Å². The van der Waals surface area contributed by atoms with E-state index in [0.29, 0.717) is 0 Å². The van der Waals surface area contributed by atoms with E-state index in [-0.39, 0.29) is 0 Å². The van der Waals surface area contributed by atoms with Crippen molar-refractivity contribution in [1.29, 1.82) is 0 Å². The van der Waals surface area contributed by atoms with Crippen molar-refractivity contribution in [3.8, 4) is 0 Å². The first kappa shape index (κ1) is 16.4. The van der Waals surface area contributed by atoms with Crippen LogP contribution in [0.25, 0.3) is 0 Å². The maximum atomic E-state index is 5.53. The third-order valence-electron chi connectivity index (χ3n) is 4.21. The molecule has 0 amide bonds. The summed E-state index contributed by atoms with van der Waals surface area (Å²) in [5.41, 5.74) is 1.19. The first-order valence-electron chi connectivity index (χ1n) is 8.10. The van der Waals surface area contributed by atoms with Crippen LogP contribution in [-0.4, -0.2) is 47.7 Å². The predicted octanol–water partition coefficient (Wildman–Crippen LogP) is 0.961. The van der Waals surface area contributed by atoms with Gasteiger partial charge in [-0.1, -0.05) is 12.1 Å². The molecule has 0 aromatic carbocycles. The standard InChI is InChI=1S/C17H22N4S2/c22-17(19-14-16-5-3-13-23-16)21-11-9-20(10-12-21)8-6-15-4-1-2-7-18-15/h1-5,7,13H,6,8-12,14H2,(H,19,22)/p+1. The number of thiophene rings is 1. The number of rotatable bonds is 5. The van der Waals surface area contributed by atoms with Gasteiger partial charge in [-0.25, -0.2) is 0 Å². The van der Waals surface area contributed by atoms with Gasteiger partial charge in [-0.2, -0.15) is 0 Å². The molecule has 0 unspecified atom stereocenters. The maximum absolute atomic E-state index is 5.53. The van der Waals surface area contributed by atoms with Gasteiger partial charge in [-0.15, -0.1) is 11.3 Å². The van der Waals surface area contributed by atoms with E-state index in [1.54, 1.807) is 16.2 Å². The molecule has 2 aromatic heterocycles. The topological polar surface area (TPSA) is 32.6 Å². The molecule has 0 aliphatic carbocycles. The van der Waals surface area contributed by atoms with Crippen LogP contribution in [-0.2, 0) is 13.0 Å². The molecular weight excluding hydrogens is 324 g/mol. The Labute approximate surface area is 147 Å². The normalized spacial score (nSPS) is 15.6. The molecule has 0 spiro atoms. The van der Waals surface area contributed by atoms with Crippen molar-refractivity contribution in [2.24, 2.45) is 0 Å². The minimum absolute atomic E-state index is 0.837. The zero-order valence-electron chi connectivity index (χ0n) is 13.2. The van der Waals surface area contributed by atoms with E-state index < -0.39 is 0 Å². The van der Waals surface area contributed by atoms with Crippen LogP contribution in [0.3, 0.4) is 0 Å². The van der Waals surface area contributed by atoms with Crippen molar-refractivity contribution in [1.82, 2.24) is 15.2 Å². The van der Waals surface area contributed by atoms with Gasteiger partial charge in [0.25, 0.3) is 0 Å². The Morgan fingerprint density at radius 2 is 2.13 bits per heavy atom. The Morgan fingerprint density at radius 3 is 2.83 bits per heavy atom. The lowest BCUT2D eigenvalue weighted by atomic mass is 10.2. The number of quaternary nitrogens is 1. The summed E-state index contributed by atoms with van der Waals surface area (Å²) in [5.74, 6) is 0. The second-order valence-corrected chi connectivity index (χ2v) is 7.22. The van der Waals surface area contributed by atoms with E-state index in [1.165, 1.54) is 10.6 Å². The third kappa shape index (κ3) is 4.99. The van der Waals surface area contributed by atoms with E-state index in [2.05, 4.69) is 44.8 Å². The van der Waals surface area contributed by atoms with Crippen molar-refractivity contribution in [2.45, 2.75) is 13.0 Å². The number of nitrogens with one attached hydrogen (secondary N) is 2. The van der Waals surface area contributed by atoms with Crippen LogP contribution in [0.5, 0.6) is 0 Å². The highest BCUT2D eigenvalue weighted by molar-refractivity contribution is 7.80. The van der Waals surface area contributed by atoms with E-state index in [0.717, 1.165) is 50.8 Å². The molecule has 1 fully saturated rings. The van der Waals surface area contributed by atoms with E-state index in [1.807, 2.05) is 12.3 Å². The van der Waals surface area contributed by atoms with Crippen molar-refractivity contribution < 1.29 is 4.90 Å². The molecule has 2 N–H and O–H groups in total. The number of hydrogen-bond acceptors (Lipinski definition) is 3. The smallest absolute Gasteiger partial charge is 0.169 e. The SMILES string of the molecule is S=C(NCc1cccs1)N1CC[NH+](CCc2ccccn2)CC1. The van der Waals surface area contributed by atoms with Crippen molar-refractivity contribution in [3.63, 3.8) is 0 Å². The lowest BCUT2D eigenvalue weighted by Gasteiger charge is -2.33. The number of aromatic nitrogens is 1. The molecule has 0 atom stereocenters. The molecule has 2 aromatic rings. The average molecular weight is 348 g/mol. The van der Waals surface area contributed by atoms with Crippen molar-refractivity contribution in [2.75, 3.05) is 32.7 Å². The summed E-state index contributed by atoms with van der Waals surface area (Å²) < 4.78 is 0. The summed E-state index contributed by atoms with van der Waals surface area (Å²) >= 11 is 7.29. The van der Waals surface area contributed by atoms with Gasteiger partial charge in [0.1, 0.15) is 0 Å². The summed E-state index contributed by atoms with van der Waals surface area (Å²) in [6.45, 7) is 6.35. The van der Waals surface area contributed by atoms with E-state index in [9.17, 15) is 0 Å². The van der Waals surface area contributed by atoms with Gasteiger partial charge in [0, 0.05) is 23.2 Å². The highest BCUT2D eigenvalue weighted by Crippen LogP contribution is 2.07. The average Bonchev–Trinajstić information content (AvgIpc) is 3.13. The summed E-state index contributed by atoms with van der Waals surface area (Å²) in [5, 5.41) is 6.37. The monoisotopic (exact) mass is 347 g/mol. The van der Waals surface area contributed by atoms with Gasteiger partial charge < -0.3 is 15.1 Å². The number of nitrogens with zero attached hydrogens (tertiary/aromatic N) is 2. The number of hydrogen-bond donors (Lipinski definition) is 2. The first-order valence-corrected chi connectivity index (χ1v) is 9.39. The van der Waals surface area contributed by atoms with E-state index in [4.69, 9.17) is 12.2 Å². The molecule has 1 saturated heterocycles. The zero-order valence-corrected chi connectivity index (χ0v) is 14.8. The third-order valence-corrected chi connectivity index (χ3v) is 5.49. The maximum Gasteiger partial charge on any atom is 0.169 e. The minimum atomic E-state index is 0.837. The molecule has 0 saturated carbocycles. The van der Waals surface area contributed by atoms with Crippen LogP contribution in [0.4, 0.5) is 0 Å². The summed E-state index contributed by atoms with van der Waals surface area (Å²) in [6, 6.07) is 10.4. The predicted molar refractivity (Wildman–Crippen MR) is 98.8 cm³/mol. The quantitative estimate of drug-likeness (QED) is 0.790. The molecule has 0 bridgehead atoms. The molecule has 122 valence electrons. The Balaban J connectivity index is 1.37. The van der Waals surface area contributed by atoms with Gasteiger partial charge in [-0.3, -0.25) is 4.98 Å². The van der Waals surface area contributed by atoms with Gasteiger partial charge in [0.15, 0.2) is 5.11 Å². The Morgan fingerprint density at radius 1 is 1.26 bits per heavy atom. The zero-order chi connectivity index (χ0) is 15.9. The molecule has 0 radical (unpaired) electrons. The number of pyridine rings is 1. The summed E-state index contributed by atoms with van der Waals surface area (Å²) in [7, 11) is 0. The molecule has 1 aliphatic rings. The van der Waals surface area contributed by atoms with Crippen LogP contribution >= 0.6 is 23.6 Å². The van der Waals surface area contributed by atoms with Crippen LogP contribution in [0, 0.1) is 0 Å². The van der Waals surface area contributed by atoms with Crippen LogP contribution in [0.15, 0.2) is 41.9 Å². The molecule has 1 aliphatic heterocycles. The van der Waals surface area contributed by atoms with Crippen LogP contribution in [0.1, 0.15) is 10.6 Å². The first-order chi connectivity index (χ1) is 11.3. The summed E-state index contributed by atoms with van der Waals surface area (Å²) in [4.78, 5) is 9.67. The Kier molecular flexibility index (Phi) is 5.96. The fourth-order valence-corrected chi connectivity index (χ4v) is 3.71. The molecule has 3 heterocycles. The van der Waals surface area contributed by atoms with E-state index >= 15 is 0 Å². The van der Waals surface area contributed by atoms with Gasteiger partial charge in [0.2, 0.25) is 0 Å². The highest BCUT2D eigenvalue weighted by Gasteiger charge is 2.21. The summed E-state index contributed by atoms with van der Waals surface area (Å²) in [6.07, 6.45) is 2.93. The number of piperazine rings is 1. The van der Waals surface area contributed by atoms with Crippen molar-refractivity contribution in [3.05, 3.63) is 52.5 Å². The largest absolute Gasteiger partial charge is 0.358 e. The molecule has 3 rings (SSSR count). The molecule has 6 heteroatoms. The number of thiocarbonyl (C=S) groups is 1. The Bertz CT molecular complexity index is 592. The lowest BCUT2D eigenvalue weighted by Crippen LogP contribution is -3.15.